The summed E-state index contributed by atoms with van der Waals surface area (Å²) >= 11 is 0. The van der Waals surface area contributed by atoms with Crippen LogP contribution in [-0.2, 0) is 0 Å². The number of benzene rings is 8. The van der Waals surface area contributed by atoms with Gasteiger partial charge in [0.25, 0.3) is 0 Å². The monoisotopic (exact) mass is 651 g/mol. The van der Waals surface area contributed by atoms with E-state index in [9.17, 15) is 0 Å². The van der Waals surface area contributed by atoms with Gasteiger partial charge in [0.2, 0.25) is 0 Å². The third-order valence-electron chi connectivity index (χ3n) is 9.30. The highest BCUT2D eigenvalue weighted by atomic mass is 15.1. The summed E-state index contributed by atoms with van der Waals surface area (Å²) in [5.41, 5.74) is 15.3. The zero-order chi connectivity index (χ0) is 34.2. The van der Waals surface area contributed by atoms with Crippen LogP contribution in [-0.4, -0.2) is 0 Å². The van der Waals surface area contributed by atoms with Crippen LogP contribution in [0.3, 0.4) is 0 Å². The molecule has 1 nitrogen and oxygen atoms in total. The molecule has 8 rings (SSSR count). The zero-order valence-corrected chi connectivity index (χ0v) is 28.3. The van der Waals surface area contributed by atoms with Crippen molar-refractivity contribution in [2.45, 2.75) is 0 Å². The van der Waals surface area contributed by atoms with E-state index in [1.165, 1.54) is 50.1 Å². The maximum Gasteiger partial charge on any atom is 0.0467 e. The van der Waals surface area contributed by atoms with E-state index in [4.69, 9.17) is 0 Å². The fraction of sp³-hybridized carbons (Fsp3) is 0. The summed E-state index contributed by atoms with van der Waals surface area (Å²) in [5, 5.41) is 0. The first-order valence-corrected chi connectivity index (χ1v) is 17.4. The van der Waals surface area contributed by atoms with Crippen molar-refractivity contribution in [1.29, 1.82) is 0 Å². The molecule has 242 valence electrons. The van der Waals surface area contributed by atoms with Gasteiger partial charge in [-0.3, -0.25) is 0 Å². The van der Waals surface area contributed by atoms with Gasteiger partial charge in [0.05, 0.1) is 0 Å². The maximum atomic E-state index is 2.34. The molecule has 51 heavy (non-hydrogen) atoms. The Morgan fingerprint density at radius 2 is 0.549 bits per heavy atom. The number of hydrogen-bond donors (Lipinski definition) is 0. The van der Waals surface area contributed by atoms with Crippen molar-refractivity contribution in [1.82, 2.24) is 0 Å². The lowest BCUT2D eigenvalue weighted by atomic mass is 9.99. The largest absolute Gasteiger partial charge is 0.310 e. The minimum atomic E-state index is 1.10. The molecule has 0 aliphatic rings. The van der Waals surface area contributed by atoms with Crippen molar-refractivity contribution in [3.05, 3.63) is 223 Å². The molecule has 8 aromatic carbocycles. The highest BCUT2D eigenvalue weighted by Gasteiger charge is 2.14. The van der Waals surface area contributed by atoms with Gasteiger partial charge >= 0.3 is 0 Å². The Kier molecular flexibility index (Phi) is 9.17. The first-order valence-electron chi connectivity index (χ1n) is 17.4. The van der Waals surface area contributed by atoms with Gasteiger partial charge < -0.3 is 4.90 Å². The van der Waals surface area contributed by atoms with E-state index in [1.807, 2.05) is 6.07 Å². The van der Waals surface area contributed by atoms with Gasteiger partial charge in [-0.1, -0.05) is 188 Å². The first-order chi connectivity index (χ1) is 25.3. The fourth-order valence-corrected chi connectivity index (χ4v) is 6.55. The Labute approximate surface area is 301 Å². The first kappa shape index (κ1) is 31.6. The van der Waals surface area contributed by atoms with Crippen molar-refractivity contribution >= 4 is 29.2 Å². The zero-order valence-electron chi connectivity index (χ0n) is 28.3. The maximum absolute atomic E-state index is 2.34. The highest BCUT2D eigenvalue weighted by molar-refractivity contribution is 5.82. The lowest BCUT2D eigenvalue weighted by Crippen LogP contribution is -2.10. The van der Waals surface area contributed by atoms with E-state index < -0.39 is 0 Å². The summed E-state index contributed by atoms with van der Waals surface area (Å²) in [7, 11) is 0. The summed E-state index contributed by atoms with van der Waals surface area (Å²) in [4.78, 5) is 2.34. The summed E-state index contributed by atoms with van der Waals surface area (Å²) in [5.74, 6) is 0. The van der Waals surface area contributed by atoms with Crippen LogP contribution >= 0.6 is 0 Å². The van der Waals surface area contributed by atoms with E-state index in [1.54, 1.807) is 0 Å². The molecule has 0 unspecified atom stereocenters. The highest BCUT2D eigenvalue weighted by Crippen LogP contribution is 2.38. The second-order valence-corrected chi connectivity index (χ2v) is 12.7. The molecule has 0 heterocycles. The minimum absolute atomic E-state index is 1.10. The molecular formula is C50H37N. The van der Waals surface area contributed by atoms with Crippen LogP contribution in [0.15, 0.2) is 212 Å². The third kappa shape index (κ3) is 7.34. The van der Waals surface area contributed by atoms with E-state index in [0.29, 0.717) is 0 Å². The lowest BCUT2D eigenvalue weighted by Gasteiger charge is -2.26. The van der Waals surface area contributed by atoms with Crippen LogP contribution in [0.1, 0.15) is 11.1 Å². The summed E-state index contributed by atoms with van der Waals surface area (Å²) in [6.07, 6.45) is 4.35. The molecule has 0 radical (unpaired) electrons. The van der Waals surface area contributed by atoms with Gasteiger partial charge in [-0.05, 0) is 92.0 Å². The Balaban J connectivity index is 1.11. The quantitative estimate of drug-likeness (QED) is 0.140. The topological polar surface area (TPSA) is 3.24 Å². The normalized spacial score (nSPS) is 11.1. The van der Waals surface area contributed by atoms with Crippen LogP contribution in [0.2, 0.25) is 0 Å². The molecule has 0 amide bonds. The standard InChI is InChI=1S/C50H37N/c1-4-11-38(12-5-1)19-20-39-13-10-18-50(37-39)51(48-33-29-46(30-34-48)44-25-21-42(22-26-44)40-14-6-2-7-15-40)49-35-31-47(32-36-49)45-27-23-43(24-28-45)41-16-8-3-9-17-41/h1-37H. The van der Waals surface area contributed by atoms with Crippen LogP contribution in [0, 0.1) is 0 Å². The summed E-state index contributed by atoms with van der Waals surface area (Å²) in [6.45, 7) is 0. The molecule has 0 N–H and O–H groups in total. The van der Waals surface area contributed by atoms with Crippen molar-refractivity contribution in [3.8, 4) is 44.5 Å². The fourth-order valence-electron chi connectivity index (χ4n) is 6.55. The Bertz CT molecular complexity index is 2210. The van der Waals surface area contributed by atoms with Crippen LogP contribution < -0.4 is 4.90 Å². The molecule has 0 fully saturated rings. The predicted octanol–water partition coefficient (Wildman–Crippen LogP) is 14.0. The molecule has 0 spiro atoms. The summed E-state index contributed by atoms with van der Waals surface area (Å²) < 4.78 is 0. The van der Waals surface area contributed by atoms with Crippen molar-refractivity contribution < 1.29 is 0 Å². The molecule has 0 saturated carbocycles. The van der Waals surface area contributed by atoms with Crippen LogP contribution in [0.25, 0.3) is 56.7 Å². The van der Waals surface area contributed by atoms with Gasteiger partial charge in [-0.15, -0.1) is 0 Å². The molecule has 8 aromatic rings. The number of rotatable bonds is 9. The molecular weight excluding hydrogens is 615 g/mol. The van der Waals surface area contributed by atoms with Gasteiger partial charge in [-0.2, -0.15) is 0 Å². The average molecular weight is 652 g/mol. The lowest BCUT2D eigenvalue weighted by molar-refractivity contribution is 1.28. The molecule has 0 aliphatic carbocycles. The summed E-state index contributed by atoms with van der Waals surface area (Å²) in [6, 6.07) is 75.7. The van der Waals surface area contributed by atoms with Gasteiger partial charge in [0.15, 0.2) is 0 Å². The van der Waals surface area contributed by atoms with E-state index >= 15 is 0 Å². The molecule has 0 bridgehead atoms. The molecule has 0 atom stereocenters. The van der Waals surface area contributed by atoms with Crippen LogP contribution in [0.4, 0.5) is 17.1 Å². The second-order valence-electron chi connectivity index (χ2n) is 12.7. The minimum Gasteiger partial charge on any atom is -0.310 e. The molecule has 0 aliphatic heterocycles. The number of nitrogens with zero attached hydrogens (tertiary/aromatic N) is 1. The number of hydrogen-bond acceptors (Lipinski definition) is 1. The smallest absolute Gasteiger partial charge is 0.0467 e. The third-order valence-corrected chi connectivity index (χ3v) is 9.30. The van der Waals surface area contributed by atoms with E-state index in [0.717, 1.165) is 22.6 Å². The van der Waals surface area contributed by atoms with Crippen LogP contribution in [0.5, 0.6) is 0 Å². The van der Waals surface area contributed by atoms with Crippen molar-refractivity contribution in [3.63, 3.8) is 0 Å². The van der Waals surface area contributed by atoms with E-state index in [-0.39, 0.29) is 0 Å². The Morgan fingerprint density at radius 3 is 0.961 bits per heavy atom. The Hall–Kier alpha value is -6.70. The molecule has 1 heteroatoms. The van der Waals surface area contributed by atoms with Gasteiger partial charge in [-0.25, -0.2) is 0 Å². The average Bonchev–Trinajstić information content (AvgIpc) is 3.22. The van der Waals surface area contributed by atoms with Gasteiger partial charge in [0.1, 0.15) is 0 Å². The number of anilines is 3. The van der Waals surface area contributed by atoms with Gasteiger partial charge in [0, 0.05) is 17.1 Å². The van der Waals surface area contributed by atoms with Crippen molar-refractivity contribution in [2.75, 3.05) is 4.90 Å². The SMILES string of the molecule is C(=Cc1cccc(N(c2ccc(-c3ccc(-c4ccccc4)cc3)cc2)c2ccc(-c3ccc(-c4ccccc4)cc3)cc2)c1)c1ccccc1. The van der Waals surface area contributed by atoms with Crippen molar-refractivity contribution in [2.24, 2.45) is 0 Å². The second kappa shape index (κ2) is 14.8. The van der Waals surface area contributed by atoms with E-state index in [2.05, 4.69) is 223 Å². The predicted molar refractivity (Wildman–Crippen MR) is 218 cm³/mol. The molecule has 0 saturated heterocycles. The molecule has 0 aromatic heterocycles. The Morgan fingerprint density at radius 1 is 0.235 bits per heavy atom.